The summed E-state index contributed by atoms with van der Waals surface area (Å²) in [6, 6.07) is 3.29. The van der Waals surface area contributed by atoms with E-state index in [4.69, 9.17) is 0 Å². The van der Waals surface area contributed by atoms with Crippen LogP contribution in [0.5, 0.6) is 0 Å². The van der Waals surface area contributed by atoms with Gasteiger partial charge in [0.15, 0.2) is 0 Å². The van der Waals surface area contributed by atoms with E-state index in [2.05, 4.69) is 24.5 Å². The van der Waals surface area contributed by atoms with Gasteiger partial charge in [0.05, 0.1) is 4.92 Å². The third-order valence-electron chi connectivity index (χ3n) is 4.37. The van der Waals surface area contributed by atoms with Crippen LogP contribution in [0.25, 0.3) is 0 Å². The second-order valence-electron chi connectivity index (χ2n) is 6.45. The number of fused-ring (bicyclic) bond motifs is 1. The number of hydrogen-bond acceptors (Lipinski definition) is 4. The molecular formula is C15H19N3O3. The molecular weight excluding hydrogens is 270 g/mol. The van der Waals surface area contributed by atoms with Crippen LogP contribution >= 0.6 is 0 Å². The lowest BCUT2D eigenvalue weighted by Crippen LogP contribution is -2.33. The maximum Gasteiger partial charge on any atom is 0.292 e. The minimum absolute atomic E-state index is 0.0382. The Bertz CT molecular complexity index is 621. The van der Waals surface area contributed by atoms with Gasteiger partial charge in [-0.1, -0.05) is 0 Å². The second-order valence-corrected chi connectivity index (χ2v) is 6.45. The Morgan fingerprint density at radius 1 is 1.33 bits per heavy atom. The zero-order valence-corrected chi connectivity index (χ0v) is 12.2. The van der Waals surface area contributed by atoms with Gasteiger partial charge in [-0.05, 0) is 50.7 Å². The molecule has 0 saturated heterocycles. The van der Waals surface area contributed by atoms with E-state index in [-0.39, 0.29) is 22.1 Å². The highest BCUT2D eigenvalue weighted by atomic mass is 16.6. The number of benzene rings is 1. The van der Waals surface area contributed by atoms with Gasteiger partial charge in [0.25, 0.3) is 5.69 Å². The molecule has 6 heteroatoms. The van der Waals surface area contributed by atoms with E-state index in [1.807, 2.05) is 0 Å². The molecule has 3 rings (SSSR count). The molecule has 0 bridgehead atoms. The third-order valence-corrected chi connectivity index (χ3v) is 4.37. The van der Waals surface area contributed by atoms with Gasteiger partial charge in [-0.2, -0.15) is 0 Å². The van der Waals surface area contributed by atoms with E-state index in [1.54, 1.807) is 12.1 Å². The molecule has 21 heavy (non-hydrogen) atoms. The third kappa shape index (κ3) is 2.70. The predicted molar refractivity (Wildman–Crippen MR) is 80.5 cm³/mol. The molecule has 1 aromatic carbocycles. The lowest BCUT2D eigenvalue weighted by atomic mass is 9.96. The molecule has 0 radical (unpaired) electrons. The molecule has 1 saturated carbocycles. The molecule has 112 valence electrons. The monoisotopic (exact) mass is 289 g/mol. The molecule has 1 heterocycles. The number of nitro groups is 1. The number of rotatable bonds is 4. The van der Waals surface area contributed by atoms with Gasteiger partial charge in [0, 0.05) is 23.7 Å². The van der Waals surface area contributed by atoms with Gasteiger partial charge in [0.2, 0.25) is 5.91 Å². The average molecular weight is 289 g/mol. The van der Waals surface area contributed by atoms with Crippen molar-refractivity contribution in [1.29, 1.82) is 0 Å². The summed E-state index contributed by atoms with van der Waals surface area (Å²) in [7, 11) is 0. The topological polar surface area (TPSA) is 84.3 Å². The Hall–Kier alpha value is -2.11. The van der Waals surface area contributed by atoms with Crippen LogP contribution in [0.2, 0.25) is 0 Å². The smallest absolute Gasteiger partial charge is 0.292 e. The quantitative estimate of drug-likeness (QED) is 0.659. The summed E-state index contributed by atoms with van der Waals surface area (Å²) in [6.45, 7) is 4.12. The molecule has 1 aliphatic heterocycles. The van der Waals surface area contributed by atoms with Gasteiger partial charge in [0.1, 0.15) is 5.69 Å². The minimum Gasteiger partial charge on any atom is -0.374 e. The summed E-state index contributed by atoms with van der Waals surface area (Å²) >= 11 is 0. The van der Waals surface area contributed by atoms with Crippen LogP contribution in [0.1, 0.15) is 38.7 Å². The largest absolute Gasteiger partial charge is 0.374 e. The average Bonchev–Trinajstić information content (AvgIpc) is 3.21. The molecule has 0 spiro atoms. The number of nitrogens with zero attached hydrogens (tertiary/aromatic N) is 1. The van der Waals surface area contributed by atoms with E-state index in [1.165, 1.54) is 0 Å². The molecule has 1 fully saturated rings. The SMILES string of the molecule is CC(C)(Nc1cc2c(cc1[N+](=O)[O-])CCC(=O)N2)C1CC1. The Kier molecular flexibility index (Phi) is 3.11. The zero-order valence-electron chi connectivity index (χ0n) is 12.2. The van der Waals surface area contributed by atoms with E-state index in [0.29, 0.717) is 30.1 Å². The summed E-state index contributed by atoms with van der Waals surface area (Å²) < 4.78 is 0. The zero-order chi connectivity index (χ0) is 15.2. The molecule has 0 unspecified atom stereocenters. The van der Waals surface area contributed by atoms with Crippen LogP contribution in [0, 0.1) is 16.0 Å². The highest BCUT2D eigenvalue weighted by Crippen LogP contribution is 2.43. The number of carbonyl (C=O) groups excluding carboxylic acids is 1. The molecule has 6 nitrogen and oxygen atoms in total. The number of hydrogen-bond donors (Lipinski definition) is 2. The summed E-state index contributed by atoms with van der Waals surface area (Å²) in [5, 5.41) is 17.4. The van der Waals surface area contributed by atoms with E-state index < -0.39 is 0 Å². The molecule has 1 aliphatic carbocycles. The van der Waals surface area contributed by atoms with Crippen LogP contribution < -0.4 is 10.6 Å². The standard InChI is InChI=1S/C15H19N3O3/c1-15(2,10-4-5-10)17-12-8-11-9(3-6-14(19)16-11)7-13(12)18(20)21/h7-8,10,17H,3-6H2,1-2H3,(H,16,19). The Balaban J connectivity index is 1.99. The number of carbonyl (C=O) groups is 1. The maximum atomic E-state index is 11.5. The summed E-state index contributed by atoms with van der Waals surface area (Å²) in [5.41, 5.74) is 1.90. The summed E-state index contributed by atoms with van der Waals surface area (Å²) in [4.78, 5) is 22.5. The fourth-order valence-corrected chi connectivity index (χ4v) is 2.92. The predicted octanol–water partition coefficient (Wildman–Crippen LogP) is 3.08. The number of amides is 1. The normalized spacial score (nSPS) is 17.9. The van der Waals surface area contributed by atoms with Crippen molar-refractivity contribution in [2.24, 2.45) is 5.92 Å². The van der Waals surface area contributed by atoms with Crippen molar-refractivity contribution in [3.05, 3.63) is 27.8 Å². The Morgan fingerprint density at radius 2 is 2.05 bits per heavy atom. The van der Waals surface area contributed by atoms with Crippen molar-refractivity contribution >= 4 is 23.0 Å². The van der Waals surface area contributed by atoms with Crippen molar-refractivity contribution in [1.82, 2.24) is 0 Å². The van der Waals surface area contributed by atoms with Gasteiger partial charge < -0.3 is 10.6 Å². The lowest BCUT2D eigenvalue weighted by molar-refractivity contribution is -0.384. The van der Waals surface area contributed by atoms with Gasteiger partial charge in [-0.3, -0.25) is 14.9 Å². The molecule has 2 aliphatic rings. The van der Waals surface area contributed by atoms with Crippen LogP contribution in [0.3, 0.4) is 0 Å². The van der Waals surface area contributed by atoms with E-state index in [0.717, 1.165) is 18.4 Å². The first-order chi connectivity index (χ1) is 9.87. The first-order valence-corrected chi connectivity index (χ1v) is 7.26. The first kappa shape index (κ1) is 13.9. The van der Waals surface area contributed by atoms with Crippen molar-refractivity contribution in [3.63, 3.8) is 0 Å². The number of nitrogens with one attached hydrogen (secondary N) is 2. The van der Waals surface area contributed by atoms with Gasteiger partial charge in [-0.25, -0.2) is 0 Å². The summed E-state index contributed by atoms with van der Waals surface area (Å²) in [6.07, 6.45) is 3.23. The number of nitro benzene ring substituents is 1. The molecule has 2 N–H and O–H groups in total. The maximum absolute atomic E-state index is 11.5. The van der Waals surface area contributed by atoms with Crippen LogP contribution in [-0.2, 0) is 11.2 Å². The van der Waals surface area contributed by atoms with Crippen molar-refractivity contribution in [2.75, 3.05) is 10.6 Å². The Morgan fingerprint density at radius 3 is 2.67 bits per heavy atom. The fraction of sp³-hybridized carbons (Fsp3) is 0.533. The first-order valence-electron chi connectivity index (χ1n) is 7.26. The lowest BCUT2D eigenvalue weighted by Gasteiger charge is -2.28. The highest BCUT2D eigenvalue weighted by molar-refractivity contribution is 5.95. The minimum atomic E-state index is -0.359. The second kappa shape index (κ2) is 4.72. The fourth-order valence-electron chi connectivity index (χ4n) is 2.92. The molecule has 0 atom stereocenters. The van der Waals surface area contributed by atoms with E-state index in [9.17, 15) is 14.9 Å². The van der Waals surface area contributed by atoms with Crippen molar-refractivity contribution in [2.45, 2.75) is 45.1 Å². The molecule has 0 aromatic heterocycles. The Labute approximate surface area is 123 Å². The number of anilines is 2. The summed E-state index contributed by atoms with van der Waals surface area (Å²) in [5.74, 6) is 0.506. The molecule has 1 amide bonds. The van der Waals surface area contributed by atoms with Crippen LogP contribution in [0.15, 0.2) is 12.1 Å². The van der Waals surface area contributed by atoms with Crippen LogP contribution in [-0.4, -0.2) is 16.4 Å². The van der Waals surface area contributed by atoms with Gasteiger partial charge >= 0.3 is 0 Å². The highest BCUT2D eigenvalue weighted by Gasteiger charge is 2.39. The van der Waals surface area contributed by atoms with E-state index >= 15 is 0 Å². The van der Waals surface area contributed by atoms with Crippen molar-refractivity contribution in [3.8, 4) is 0 Å². The van der Waals surface area contributed by atoms with Crippen LogP contribution in [0.4, 0.5) is 17.1 Å². The van der Waals surface area contributed by atoms with Gasteiger partial charge in [-0.15, -0.1) is 0 Å². The molecule has 1 aromatic rings. The number of aryl methyl sites for hydroxylation is 1. The van der Waals surface area contributed by atoms with Crippen molar-refractivity contribution < 1.29 is 9.72 Å².